The average molecular weight is 309 g/mol. The molecule has 0 aromatic rings. The van der Waals surface area contributed by atoms with Gasteiger partial charge in [-0.25, -0.2) is 0 Å². The van der Waals surface area contributed by atoms with E-state index >= 15 is 0 Å². The molecule has 2 unspecified atom stereocenters. The standard InChI is InChI=1S/C19H35NO2/c1-10-17(8)18(9,11-2)19(17)12-15(4,5)20(22-14(3)21)16(6,7)13-19/h10-13H2,1-9H3. The first-order valence-corrected chi connectivity index (χ1v) is 8.82. The summed E-state index contributed by atoms with van der Waals surface area (Å²) in [7, 11) is 0. The van der Waals surface area contributed by atoms with Crippen molar-refractivity contribution in [2.45, 2.75) is 99.1 Å². The van der Waals surface area contributed by atoms with E-state index in [1.165, 1.54) is 19.8 Å². The van der Waals surface area contributed by atoms with Crippen molar-refractivity contribution < 1.29 is 9.63 Å². The fourth-order valence-electron chi connectivity index (χ4n) is 6.39. The summed E-state index contributed by atoms with van der Waals surface area (Å²) in [6, 6.07) is 0. The second-order valence-corrected chi connectivity index (χ2v) is 9.31. The highest BCUT2D eigenvalue weighted by Gasteiger charge is 2.82. The molecule has 0 amide bonds. The van der Waals surface area contributed by atoms with Crippen LogP contribution < -0.4 is 0 Å². The van der Waals surface area contributed by atoms with E-state index in [1.54, 1.807) is 0 Å². The van der Waals surface area contributed by atoms with E-state index in [2.05, 4.69) is 55.4 Å². The second-order valence-electron chi connectivity index (χ2n) is 9.31. The minimum absolute atomic E-state index is 0.142. The molecular formula is C19H35NO2. The third-order valence-electron chi connectivity index (χ3n) is 7.47. The first-order chi connectivity index (χ1) is 9.83. The van der Waals surface area contributed by atoms with Crippen LogP contribution >= 0.6 is 0 Å². The van der Waals surface area contributed by atoms with Crippen molar-refractivity contribution in [1.29, 1.82) is 0 Å². The highest BCUT2D eigenvalue weighted by atomic mass is 16.7. The zero-order chi connectivity index (χ0) is 17.2. The summed E-state index contributed by atoms with van der Waals surface area (Å²) in [6.45, 7) is 20.0. The zero-order valence-electron chi connectivity index (χ0n) is 16.1. The molecule has 0 N–H and O–H groups in total. The molecule has 1 saturated heterocycles. The predicted octanol–water partition coefficient (Wildman–Crippen LogP) is 4.95. The van der Waals surface area contributed by atoms with E-state index in [0.29, 0.717) is 16.2 Å². The van der Waals surface area contributed by atoms with Crippen LogP contribution in [0.2, 0.25) is 0 Å². The minimum Gasteiger partial charge on any atom is -0.367 e. The van der Waals surface area contributed by atoms with Crippen molar-refractivity contribution in [1.82, 2.24) is 5.06 Å². The fraction of sp³-hybridized carbons (Fsp3) is 0.947. The van der Waals surface area contributed by atoms with Gasteiger partial charge in [-0.05, 0) is 69.6 Å². The molecule has 0 aromatic carbocycles. The average Bonchev–Trinajstić information content (AvgIpc) is 2.76. The molecule has 3 nitrogen and oxygen atoms in total. The Kier molecular flexibility index (Phi) is 3.81. The molecule has 1 saturated carbocycles. The summed E-state index contributed by atoms with van der Waals surface area (Å²) in [6.07, 6.45) is 4.62. The van der Waals surface area contributed by atoms with Gasteiger partial charge in [0.05, 0.1) is 11.1 Å². The van der Waals surface area contributed by atoms with Crippen molar-refractivity contribution in [2.75, 3.05) is 0 Å². The summed E-state index contributed by atoms with van der Waals surface area (Å²) >= 11 is 0. The van der Waals surface area contributed by atoms with E-state index in [9.17, 15) is 4.79 Å². The number of carbonyl (C=O) groups is 1. The SMILES string of the molecule is CCC1(C)C(C)(CC)C12CC(C)(C)N(OC(C)=O)C(C)(C)C2. The topological polar surface area (TPSA) is 29.5 Å². The van der Waals surface area contributed by atoms with Crippen LogP contribution in [0.1, 0.15) is 88.0 Å². The number of hydrogen-bond acceptors (Lipinski definition) is 3. The third kappa shape index (κ3) is 1.93. The number of nitrogens with zero attached hydrogens (tertiary/aromatic N) is 1. The number of carbonyl (C=O) groups excluding carboxylic acids is 1. The lowest BCUT2D eigenvalue weighted by Gasteiger charge is -2.55. The van der Waals surface area contributed by atoms with Crippen molar-refractivity contribution >= 4 is 5.97 Å². The summed E-state index contributed by atoms with van der Waals surface area (Å²) in [5.74, 6) is -0.218. The maximum Gasteiger partial charge on any atom is 0.322 e. The second kappa shape index (κ2) is 4.72. The first kappa shape index (κ1) is 17.8. The van der Waals surface area contributed by atoms with Gasteiger partial charge in [-0.3, -0.25) is 4.79 Å². The Morgan fingerprint density at radius 1 is 0.909 bits per heavy atom. The number of hydrogen-bond donors (Lipinski definition) is 0. The lowest BCUT2D eigenvalue weighted by atomic mass is 9.68. The molecule has 0 bridgehead atoms. The quantitative estimate of drug-likeness (QED) is 0.738. The highest BCUT2D eigenvalue weighted by Crippen LogP contribution is 2.86. The first-order valence-electron chi connectivity index (χ1n) is 8.82. The van der Waals surface area contributed by atoms with Gasteiger partial charge in [0, 0.05) is 6.92 Å². The van der Waals surface area contributed by atoms with Crippen molar-refractivity contribution in [3.8, 4) is 0 Å². The Morgan fingerprint density at radius 2 is 1.27 bits per heavy atom. The van der Waals surface area contributed by atoms with Gasteiger partial charge in [0.25, 0.3) is 0 Å². The molecule has 22 heavy (non-hydrogen) atoms. The van der Waals surface area contributed by atoms with Gasteiger partial charge in [0.1, 0.15) is 0 Å². The van der Waals surface area contributed by atoms with Gasteiger partial charge < -0.3 is 4.84 Å². The molecule has 2 aliphatic rings. The van der Waals surface area contributed by atoms with Gasteiger partial charge in [-0.15, -0.1) is 5.06 Å². The Labute approximate surface area is 136 Å². The molecule has 2 atom stereocenters. The van der Waals surface area contributed by atoms with Gasteiger partial charge in [-0.2, -0.15) is 0 Å². The van der Waals surface area contributed by atoms with Crippen molar-refractivity contribution in [2.24, 2.45) is 16.2 Å². The van der Waals surface area contributed by atoms with Crippen molar-refractivity contribution in [3.63, 3.8) is 0 Å². The lowest BCUT2D eigenvalue weighted by Crippen LogP contribution is -2.62. The molecular weight excluding hydrogens is 274 g/mol. The molecule has 3 heteroatoms. The summed E-state index contributed by atoms with van der Waals surface area (Å²) in [5, 5.41) is 1.97. The minimum atomic E-state index is -0.218. The highest BCUT2D eigenvalue weighted by molar-refractivity contribution is 5.65. The van der Waals surface area contributed by atoms with Crippen LogP contribution in [-0.2, 0) is 9.63 Å². The summed E-state index contributed by atoms with van der Waals surface area (Å²) < 4.78 is 0. The molecule has 1 spiro atoms. The number of hydroxylamine groups is 2. The van der Waals surface area contributed by atoms with E-state index in [-0.39, 0.29) is 17.0 Å². The maximum absolute atomic E-state index is 11.6. The Morgan fingerprint density at radius 3 is 1.55 bits per heavy atom. The maximum atomic E-state index is 11.6. The van der Waals surface area contributed by atoms with E-state index in [1.807, 2.05) is 5.06 Å². The van der Waals surface area contributed by atoms with E-state index < -0.39 is 0 Å². The molecule has 0 aromatic heterocycles. The van der Waals surface area contributed by atoms with Gasteiger partial charge in [0.15, 0.2) is 0 Å². The van der Waals surface area contributed by atoms with Crippen LogP contribution in [0.15, 0.2) is 0 Å². The third-order valence-corrected chi connectivity index (χ3v) is 7.47. The van der Waals surface area contributed by atoms with Crippen LogP contribution in [-0.4, -0.2) is 22.1 Å². The summed E-state index contributed by atoms with van der Waals surface area (Å²) in [4.78, 5) is 17.2. The number of rotatable bonds is 3. The van der Waals surface area contributed by atoms with Gasteiger partial charge in [0.2, 0.25) is 0 Å². The van der Waals surface area contributed by atoms with Crippen LogP contribution in [0, 0.1) is 16.2 Å². The Balaban J connectivity index is 2.45. The predicted molar refractivity (Wildman–Crippen MR) is 90.2 cm³/mol. The van der Waals surface area contributed by atoms with Crippen LogP contribution in [0.5, 0.6) is 0 Å². The smallest absolute Gasteiger partial charge is 0.322 e. The molecule has 0 radical (unpaired) electrons. The molecule has 128 valence electrons. The monoisotopic (exact) mass is 309 g/mol. The zero-order valence-corrected chi connectivity index (χ0v) is 16.1. The Hall–Kier alpha value is -0.570. The van der Waals surface area contributed by atoms with Crippen LogP contribution in [0.4, 0.5) is 0 Å². The van der Waals surface area contributed by atoms with E-state index in [4.69, 9.17) is 4.84 Å². The Bertz CT molecular complexity index is 446. The molecule has 2 rings (SSSR count). The summed E-state index contributed by atoms with van der Waals surface area (Å²) in [5.41, 5.74) is 0.817. The largest absolute Gasteiger partial charge is 0.367 e. The molecule has 1 aliphatic carbocycles. The number of piperidine rings is 1. The van der Waals surface area contributed by atoms with Crippen LogP contribution in [0.25, 0.3) is 0 Å². The van der Waals surface area contributed by atoms with Gasteiger partial charge in [-0.1, -0.05) is 27.7 Å². The normalized spacial score (nSPS) is 38.8. The lowest BCUT2D eigenvalue weighted by molar-refractivity contribution is -0.276. The molecule has 1 heterocycles. The van der Waals surface area contributed by atoms with E-state index in [0.717, 1.165) is 12.8 Å². The molecule has 2 fully saturated rings. The fourth-order valence-corrected chi connectivity index (χ4v) is 6.39. The van der Waals surface area contributed by atoms with Gasteiger partial charge >= 0.3 is 5.97 Å². The molecule has 1 aliphatic heterocycles. The van der Waals surface area contributed by atoms with Crippen molar-refractivity contribution in [3.05, 3.63) is 0 Å². The van der Waals surface area contributed by atoms with Crippen LogP contribution in [0.3, 0.4) is 0 Å².